The lowest BCUT2D eigenvalue weighted by molar-refractivity contribution is 0.0931. The van der Waals surface area contributed by atoms with E-state index < -0.39 is 0 Å². The number of benzene rings is 1. The summed E-state index contributed by atoms with van der Waals surface area (Å²) in [5, 5.41) is 12.0. The van der Waals surface area contributed by atoms with Crippen LogP contribution in [0.4, 0.5) is 0 Å². The number of Topliss-reactive ketones (excluding diaryl/α,β-unsaturated/α-hetero) is 1. The molecular formula is C23H27N5O2. The van der Waals surface area contributed by atoms with Gasteiger partial charge in [0.2, 0.25) is 0 Å². The van der Waals surface area contributed by atoms with Crippen LogP contribution in [-0.2, 0) is 19.4 Å². The molecule has 2 N–H and O–H groups in total. The maximum atomic E-state index is 12.9. The predicted molar refractivity (Wildman–Crippen MR) is 114 cm³/mol. The number of aryl methyl sites for hydroxylation is 2. The first-order chi connectivity index (χ1) is 14.4. The average Bonchev–Trinajstić information content (AvgIpc) is 3.16. The zero-order chi connectivity index (χ0) is 21.3. The molecule has 0 spiro atoms. The van der Waals surface area contributed by atoms with Crippen LogP contribution in [0.15, 0.2) is 30.3 Å². The minimum Gasteiger partial charge on any atom is -0.355 e. The van der Waals surface area contributed by atoms with Gasteiger partial charge in [-0.2, -0.15) is 0 Å². The Balaban J connectivity index is 1.45. The molecule has 1 atom stereocenters. The van der Waals surface area contributed by atoms with E-state index in [0.717, 1.165) is 49.6 Å². The van der Waals surface area contributed by atoms with Crippen molar-refractivity contribution >= 4 is 11.7 Å². The van der Waals surface area contributed by atoms with E-state index in [1.807, 2.05) is 32.0 Å². The van der Waals surface area contributed by atoms with Gasteiger partial charge in [-0.25, -0.2) is 0 Å². The van der Waals surface area contributed by atoms with Gasteiger partial charge < -0.3 is 14.9 Å². The minimum absolute atomic E-state index is 0.0539. The number of hydrogen-bond donors (Lipinski definition) is 2. The van der Waals surface area contributed by atoms with Crippen LogP contribution in [0.2, 0.25) is 0 Å². The number of fused-ring (bicyclic) bond motifs is 1. The molecule has 0 saturated heterocycles. The molecule has 3 aromatic rings. The number of ketones is 1. The van der Waals surface area contributed by atoms with Gasteiger partial charge in [0.05, 0.1) is 11.3 Å². The SMILES string of the molecule is CC(=O)c1[nH]c(C)c(C(=O)NC2CCc3nnc(Cc4ccccc4)n3CC2)c1C. The summed E-state index contributed by atoms with van der Waals surface area (Å²) in [5.41, 5.74) is 3.74. The van der Waals surface area contributed by atoms with Gasteiger partial charge in [-0.3, -0.25) is 9.59 Å². The Labute approximate surface area is 175 Å². The Morgan fingerprint density at radius 3 is 2.63 bits per heavy atom. The van der Waals surface area contributed by atoms with Crippen LogP contribution in [0.1, 0.15) is 69.1 Å². The Hall–Kier alpha value is -3.22. The number of H-pyrrole nitrogens is 1. The lowest BCUT2D eigenvalue weighted by atomic mass is 10.1. The monoisotopic (exact) mass is 405 g/mol. The second kappa shape index (κ2) is 8.26. The fourth-order valence-corrected chi connectivity index (χ4v) is 4.30. The van der Waals surface area contributed by atoms with E-state index in [-0.39, 0.29) is 17.7 Å². The number of aromatic amines is 1. The van der Waals surface area contributed by atoms with Crippen molar-refractivity contribution in [2.45, 2.75) is 59.0 Å². The molecule has 1 aliphatic rings. The largest absolute Gasteiger partial charge is 0.355 e. The van der Waals surface area contributed by atoms with Crippen LogP contribution in [0, 0.1) is 13.8 Å². The Morgan fingerprint density at radius 2 is 1.93 bits per heavy atom. The maximum Gasteiger partial charge on any atom is 0.253 e. The summed E-state index contributed by atoms with van der Waals surface area (Å²) in [7, 11) is 0. The molecule has 1 aliphatic heterocycles. The van der Waals surface area contributed by atoms with Crippen molar-refractivity contribution in [3.05, 3.63) is 70.1 Å². The van der Waals surface area contributed by atoms with Gasteiger partial charge in [0.1, 0.15) is 11.6 Å². The summed E-state index contributed by atoms with van der Waals surface area (Å²) < 4.78 is 2.19. The quantitative estimate of drug-likeness (QED) is 0.638. The molecule has 0 bridgehead atoms. The molecule has 1 aromatic carbocycles. The third-order valence-corrected chi connectivity index (χ3v) is 5.88. The summed E-state index contributed by atoms with van der Waals surface area (Å²) in [6.07, 6.45) is 3.16. The van der Waals surface area contributed by atoms with E-state index in [1.54, 1.807) is 0 Å². The van der Waals surface area contributed by atoms with Gasteiger partial charge in [-0.05, 0) is 37.8 Å². The zero-order valence-corrected chi connectivity index (χ0v) is 17.7. The Morgan fingerprint density at radius 1 is 1.17 bits per heavy atom. The number of carbonyl (C=O) groups excluding carboxylic acids is 2. The molecule has 0 aliphatic carbocycles. The summed E-state index contributed by atoms with van der Waals surface area (Å²) in [5.74, 6) is 1.76. The molecule has 3 heterocycles. The topological polar surface area (TPSA) is 92.7 Å². The second-order valence-electron chi connectivity index (χ2n) is 8.03. The van der Waals surface area contributed by atoms with Crippen LogP contribution in [-0.4, -0.2) is 37.5 Å². The molecule has 0 radical (unpaired) electrons. The van der Waals surface area contributed by atoms with Crippen LogP contribution in [0.25, 0.3) is 0 Å². The van der Waals surface area contributed by atoms with Gasteiger partial charge in [0.25, 0.3) is 5.91 Å². The fraction of sp³-hybridized carbons (Fsp3) is 0.391. The highest BCUT2D eigenvalue weighted by atomic mass is 16.2. The molecule has 1 amide bonds. The molecule has 2 aromatic heterocycles. The fourth-order valence-electron chi connectivity index (χ4n) is 4.30. The highest BCUT2D eigenvalue weighted by Gasteiger charge is 2.25. The summed E-state index contributed by atoms with van der Waals surface area (Å²) in [6.45, 7) is 5.94. The number of amides is 1. The van der Waals surface area contributed by atoms with Crippen molar-refractivity contribution in [1.82, 2.24) is 25.1 Å². The number of nitrogens with zero attached hydrogens (tertiary/aromatic N) is 3. The first-order valence-corrected chi connectivity index (χ1v) is 10.4. The van der Waals surface area contributed by atoms with Crippen LogP contribution < -0.4 is 5.32 Å². The Bertz CT molecular complexity index is 1080. The predicted octanol–water partition coefficient (Wildman–Crippen LogP) is 3.15. The molecule has 156 valence electrons. The van der Waals surface area contributed by atoms with E-state index >= 15 is 0 Å². The number of carbonyl (C=O) groups is 2. The smallest absolute Gasteiger partial charge is 0.253 e. The van der Waals surface area contributed by atoms with Crippen molar-refractivity contribution < 1.29 is 9.59 Å². The molecule has 4 rings (SSSR count). The third-order valence-electron chi connectivity index (χ3n) is 5.88. The Kier molecular flexibility index (Phi) is 5.53. The molecule has 0 fully saturated rings. The van der Waals surface area contributed by atoms with Gasteiger partial charge in [0.15, 0.2) is 5.78 Å². The van der Waals surface area contributed by atoms with E-state index in [4.69, 9.17) is 0 Å². The second-order valence-corrected chi connectivity index (χ2v) is 8.03. The molecule has 7 nitrogen and oxygen atoms in total. The first-order valence-electron chi connectivity index (χ1n) is 10.4. The standard InChI is InChI=1S/C23H27N5O2/c1-14-21(15(2)24-22(14)16(3)29)23(30)25-18-9-10-19-26-27-20(28(19)12-11-18)13-17-7-5-4-6-8-17/h4-8,18,24H,9-13H2,1-3H3,(H,25,30). The van der Waals surface area contributed by atoms with Crippen molar-refractivity contribution in [2.75, 3.05) is 0 Å². The van der Waals surface area contributed by atoms with Crippen LogP contribution >= 0.6 is 0 Å². The van der Waals surface area contributed by atoms with Crippen molar-refractivity contribution in [3.63, 3.8) is 0 Å². The zero-order valence-electron chi connectivity index (χ0n) is 17.7. The third kappa shape index (κ3) is 3.92. The van der Waals surface area contributed by atoms with Gasteiger partial charge in [-0.1, -0.05) is 30.3 Å². The van der Waals surface area contributed by atoms with Crippen LogP contribution in [0.3, 0.4) is 0 Å². The molecule has 1 unspecified atom stereocenters. The average molecular weight is 406 g/mol. The normalized spacial score (nSPS) is 16.0. The van der Waals surface area contributed by atoms with Crippen LogP contribution in [0.5, 0.6) is 0 Å². The maximum absolute atomic E-state index is 12.9. The van der Waals surface area contributed by atoms with Gasteiger partial charge >= 0.3 is 0 Å². The summed E-state index contributed by atoms with van der Waals surface area (Å²) in [4.78, 5) is 27.8. The van der Waals surface area contributed by atoms with E-state index in [1.165, 1.54) is 12.5 Å². The van der Waals surface area contributed by atoms with Gasteiger partial charge in [0, 0.05) is 38.0 Å². The molecule has 7 heteroatoms. The van der Waals surface area contributed by atoms with Crippen molar-refractivity contribution in [1.29, 1.82) is 0 Å². The number of nitrogens with one attached hydrogen (secondary N) is 2. The highest BCUT2D eigenvalue weighted by molar-refractivity contribution is 6.02. The first kappa shape index (κ1) is 20.1. The van der Waals surface area contributed by atoms with E-state index in [9.17, 15) is 9.59 Å². The highest BCUT2D eigenvalue weighted by Crippen LogP contribution is 2.21. The molecule has 0 saturated carbocycles. The van der Waals surface area contributed by atoms with Crippen molar-refractivity contribution in [2.24, 2.45) is 0 Å². The van der Waals surface area contributed by atoms with Crippen molar-refractivity contribution in [3.8, 4) is 0 Å². The number of aromatic nitrogens is 4. The molecular weight excluding hydrogens is 378 g/mol. The summed E-state index contributed by atoms with van der Waals surface area (Å²) in [6, 6.07) is 10.3. The van der Waals surface area contributed by atoms with E-state index in [0.29, 0.717) is 16.8 Å². The molecule has 30 heavy (non-hydrogen) atoms. The number of hydrogen-bond acceptors (Lipinski definition) is 4. The lowest BCUT2D eigenvalue weighted by Crippen LogP contribution is -2.35. The van der Waals surface area contributed by atoms with Gasteiger partial charge in [-0.15, -0.1) is 10.2 Å². The lowest BCUT2D eigenvalue weighted by Gasteiger charge is -2.16. The minimum atomic E-state index is -0.124. The van der Waals surface area contributed by atoms with E-state index in [2.05, 4.69) is 37.2 Å². The number of rotatable bonds is 5. The summed E-state index contributed by atoms with van der Waals surface area (Å²) >= 11 is 0.